The second-order valence-electron chi connectivity index (χ2n) is 6.99. The lowest BCUT2D eigenvalue weighted by Gasteiger charge is -2.12. The Morgan fingerprint density at radius 2 is 1.88 bits per heavy atom. The number of halogens is 2. The van der Waals surface area contributed by atoms with E-state index < -0.39 is 5.25 Å². The van der Waals surface area contributed by atoms with Crippen LogP contribution < -0.4 is 10.9 Å². The number of carbonyl (C=O) groups excluding carboxylic acids is 1. The fourth-order valence-electron chi connectivity index (χ4n) is 2.95. The number of carbonyl (C=O) groups is 1. The molecule has 0 aliphatic carbocycles. The van der Waals surface area contributed by atoms with Crippen molar-refractivity contribution >= 4 is 57.6 Å². The fraction of sp³-hybridized carbons (Fsp3) is 0.200. The Morgan fingerprint density at radius 3 is 2.56 bits per heavy atom. The monoisotopic (exact) mass is 489 g/mol. The lowest BCUT2D eigenvalue weighted by atomic mass is 10.3. The van der Waals surface area contributed by atoms with E-state index in [1.807, 2.05) is 19.9 Å². The Balaban J connectivity index is 1.61. The van der Waals surface area contributed by atoms with Crippen LogP contribution in [0.4, 0.5) is 5.69 Å². The highest BCUT2D eigenvalue weighted by Gasteiger charge is 2.20. The summed E-state index contributed by atoms with van der Waals surface area (Å²) >= 11 is 13.1. The molecule has 12 heteroatoms. The molecule has 3 aromatic heterocycles. The van der Waals surface area contributed by atoms with Gasteiger partial charge in [-0.2, -0.15) is 9.78 Å². The first kappa shape index (κ1) is 22.3. The van der Waals surface area contributed by atoms with Gasteiger partial charge >= 0.3 is 0 Å². The van der Waals surface area contributed by atoms with Crippen LogP contribution >= 0.6 is 35.0 Å². The third-order valence-electron chi connectivity index (χ3n) is 4.42. The number of nitrogens with zero attached hydrogens (tertiary/aromatic N) is 5. The van der Waals surface area contributed by atoms with E-state index in [1.54, 1.807) is 25.1 Å². The Kier molecular flexibility index (Phi) is 6.18. The number of benzene rings is 1. The zero-order chi connectivity index (χ0) is 23.0. The van der Waals surface area contributed by atoms with Gasteiger partial charge < -0.3 is 10.3 Å². The number of nitrogens with one attached hydrogen (secondary N) is 2. The Hall–Kier alpha value is -2.95. The quantitative estimate of drug-likeness (QED) is 0.321. The average molecular weight is 490 g/mol. The van der Waals surface area contributed by atoms with Crippen LogP contribution in [-0.4, -0.2) is 40.9 Å². The molecule has 0 aliphatic rings. The summed E-state index contributed by atoms with van der Waals surface area (Å²) in [5.74, 6) is 0.00263. The molecule has 0 fully saturated rings. The molecule has 0 bridgehead atoms. The number of aryl methyl sites for hydroxylation is 2. The van der Waals surface area contributed by atoms with E-state index in [4.69, 9.17) is 23.2 Å². The summed E-state index contributed by atoms with van der Waals surface area (Å²) in [6.45, 7) is 5.38. The molecule has 0 radical (unpaired) electrons. The van der Waals surface area contributed by atoms with Gasteiger partial charge in [0.15, 0.2) is 10.8 Å². The van der Waals surface area contributed by atoms with Crippen LogP contribution in [0.3, 0.4) is 0 Å². The number of hydrogen-bond acceptors (Lipinski definition) is 7. The molecule has 0 aliphatic heterocycles. The van der Waals surface area contributed by atoms with Gasteiger partial charge in [0.2, 0.25) is 5.91 Å². The first-order chi connectivity index (χ1) is 15.2. The van der Waals surface area contributed by atoms with Gasteiger partial charge in [-0.3, -0.25) is 9.59 Å². The summed E-state index contributed by atoms with van der Waals surface area (Å²) in [7, 11) is 0. The maximum Gasteiger partial charge on any atom is 0.262 e. The van der Waals surface area contributed by atoms with Gasteiger partial charge in [0.1, 0.15) is 5.39 Å². The van der Waals surface area contributed by atoms with Crippen LogP contribution in [0.25, 0.3) is 17.0 Å². The number of fused-ring (bicyclic) bond motifs is 1. The minimum atomic E-state index is -0.587. The highest BCUT2D eigenvalue weighted by Crippen LogP contribution is 2.27. The molecule has 2 N–H and O–H groups in total. The van der Waals surface area contributed by atoms with E-state index in [0.29, 0.717) is 32.7 Å². The van der Waals surface area contributed by atoms with Gasteiger partial charge in [-0.1, -0.05) is 35.0 Å². The van der Waals surface area contributed by atoms with Crippen LogP contribution in [0.2, 0.25) is 10.0 Å². The van der Waals surface area contributed by atoms with Crippen LogP contribution in [0.1, 0.15) is 18.3 Å². The van der Waals surface area contributed by atoms with Crippen molar-refractivity contribution < 1.29 is 4.79 Å². The molecule has 3 heterocycles. The van der Waals surface area contributed by atoms with Crippen LogP contribution in [-0.2, 0) is 4.79 Å². The van der Waals surface area contributed by atoms with Crippen molar-refractivity contribution in [3.63, 3.8) is 0 Å². The van der Waals surface area contributed by atoms with E-state index in [1.165, 1.54) is 10.9 Å². The van der Waals surface area contributed by atoms with Gasteiger partial charge in [-0.05, 0) is 45.0 Å². The first-order valence-corrected chi connectivity index (χ1v) is 11.1. The van der Waals surface area contributed by atoms with Crippen molar-refractivity contribution in [1.82, 2.24) is 29.7 Å². The molecule has 0 saturated heterocycles. The Bertz CT molecular complexity index is 1380. The highest BCUT2D eigenvalue weighted by molar-refractivity contribution is 8.00. The number of anilines is 1. The summed E-state index contributed by atoms with van der Waals surface area (Å²) in [5.41, 5.74) is 1.90. The van der Waals surface area contributed by atoms with E-state index in [-0.39, 0.29) is 16.6 Å². The maximum atomic E-state index is 12.6. The van der Waals surface area contributed by atoms with Crippen LogP contribution in [0.5, 0.6) is 0 Å². The van der Waals surface area contributed by atoms with Gasteiger partial charge in [-0.15, -0.1) is 0 Å². The molecule has 1 amide bonds. The predicted molar refractivity (Wildman–Crippen MR) is 125 cm³/mol. The number of hydrogen-bond donors (Lipinski definition) is 2. The van der Waals surface area contributed by atoms with Crippen molar-refractivity contribution in [2.45, 2.75) is 31.2 Å². The standard InChI is InChI=1S/C20H17Cl2N7O2S/c1-9-6-10(2)25-19(24-9)29-16-13(8-23-29)18(31)28-20(27-16)32-11(3)17(30)26-15-5-4-12(21)7-14(15)22/h4-8,11H,1-3H3,(H,26,30)(H,27,28,31)/t11-/m1/s1. The lowest BCUT2D eigenvalue weighted by Crippen LogP contribution is -2.23. The summed E-state index contributed by atoms with van der Waals surface area (Å²) in [6, 6.07) is 6.63. The largest absolute Gasteiger partial charge is 0.324 e. The molecular weight excluding hydrogens is 473 g/mol. The number of H-pyrrole nitrogens is 1. The number of aromatic nitrogens is 6. The molecule has 0 spiro atoms. The minimum absolute atomic E-state index is 0.262. The highest BCUT2D eigenvalue weighted by atomic mass is 35.5. The van der Waals surface area contributed by atoms with Gasteiger partial charge in [-0.25, -0.2) is 15.0 Å². The van der Waals surface area contributed by atoms with E-state index in [2.05, 4.69) is 30.4 Å². The predicted octanol–water partition coefficient (Wildman–Crippen LogP) is 3.94. The molecule has 4 rings (SSSR count). The summed E-state index contributed by atoms with van der Waals surface area (Å²) in [4.78, 5) is 41.1. The molecular formula is C20H17Cl2N7O2S. The third-order valence-corrected chi connectivity index (χ3v) is 5.95. The lowest BCUT2D eigenvalue weighted by molar-refractivity contribution is -0.115. The molecule has 9 nitrogen and oxygen atoms in total. The Labute approximate surface area is 196 Å². The van der Waals surface area contributed by atoms with Gasteiger partial charge in [0.25, 0.3) is 11.5 Å². The fourth-order valence-corrected chi connectivity index (χ4v) is 4.20. The second kappa shape index (κ2) is 8.89. The molecule has 1 atom stereocenters. The summed E-state index contributed by atoms with van der Waals surface area (Å²) in [6.07, 6.45) is 1.41. The molecule has 0 unspecified atom stereocenters. The third kappa shape index (κ3) is 4.62. The number of amides is 1. The van der Waals surface area contributed by atoms with Crippen molar-refractivity contribution in [1.29, 1.82) is 0 Å². The average Bonchev–Trinajstić information content (AvgIpc) is 3.14. The van der Waals surface area contributed by atoms with Crippen LogP contribution in [0.15, 0.2) is 40.4 Å². The first-order valence-electron chi connectivity index (χ1n) is 9.44. The van der Waals surface area contributed by atoms with Crippen molar-refractivity contribution in [3.05, 3.63) is 62.2 Å². The summed E-state index contributed by atoms with van der Waals surface area (Å²) < 4.78 is 1.41. The second-order valence-corrected chi connectivity index (χ2v) is 9.16. The number of thioether (sulfide) groups is 1. The topological polar surface area (TPSA) is 118 Å². The molecule has 0 saturated carbocycles. The van der Waals surface area contributed by atoms with Gasteiger partial charge in [0, 0.05) is 16.4 Å². The van der Waals surface area contributed by atoms with Crippen molar-refractivity contribution in [2.24, 2.45) is 0 Å². The zero-order valence-corrected chi connectivity index (χ0v) is 19.5. The molecule has 1 aromatic carbocycles. The Morgan fingerprint density at radius 1 is 1.16 bits per heavy atom. The van der Waals surface area contributed by atoms with E-state index in [9.17, 15) is 9.59 Å². The number of aromatic amines is 1. The van der Waals surface area contributed by atoms with E-state index in [0.717, 1.165) is 23.1 Å². The molecule has 32 heavy (non-hydrogen) atoms. The smallest absolute Gasteiger partial charge is 0.262 e. The number of rotatable bonds is 5. The van der Waals surface area contributed by atoms with E-state index >= 15 is 0 Å². The minimum Gasteiger partial charge on any atom is -0.324 e. The maximum absolute atomic E-state index is 12.6. The molecule has 4 aromatic rings. The van der Waals surface area contributed by atoms with Crippen LogP contribution in [0, 0.1) is 13.8 Å². The van der Waals surface area contributed by atoms with Crippen molar-refractivity contribution in [3.8, 4) is 5.95 Å². The van der Waals surface area contributed by atoms with Crippen molar-refractivity contribution in [2.75, 3.05) is 5.32 Å². The normalized spacial score (nSPS) is 12.2. The zero-order valence-electron chi connectivity index (χ0n) is 17.2. The van der Waals surface area contributed by atoms with Gasteiger partial charge in [0.05, 0.1) is 22.2 Å². The summed E-state index contributed by atoms with van der Waals surface area (Å²) in [5, 5.41) is 7.74. The SMILES string of the molecule is Cc1cc(C)nc(-n2ncc3c(=O)[nH]c(S[C@H](C)C(=O)Nc4ccc(Cl)cc4Cl)nc32)n1. The molecule has 164 valence electrons.